The van der Waals surface area contributed by atoms with Crippen LogP contribution in [0.25, 0.3) is 0 Å². The Kier molecular flexibility index (Phi) is 6.72. The van der Waals surface area contributed by atoms with Crippen LogP contribution >= 0.6 is 0 Å². The molecule has 5 heteroatoms. The number of amides is 1. The molecular weight excluding hydrogens is 336 g/mol. The standard InChI is InChI=1S/C21H25F2NO2/c1-13(2)15-5-7-16(8-6-15)19(14(3)4)24-20(25)17-9-11-18(12-10-17)26-21(22)23/h5-14,19,21H,1-4H3,(H,24,25)/t19-/m0/s1. The highest BCUT2D eigenvalue weighted by Gasteiger charge is 2.19. The van der Waals surface area contributed by atoms with Crippen LogP contribution in [-0.4, -0.2) is 12.5 Å². The minimum atomic E-state index is -2.88. The molecule has 2 aromatic rings. The molecule has 0 aliphatic rings. The van der Waals surface area contributed by atoms with E-state index in [0.717, 1.165) is 5.56 Å². The number of hydrogen-bond donors (Lipinski definition) is 1. The van der Waals surface area contributed by atoms with Gasteiger partial charge in [0, 0.05) is 5.56 Å². The molecule has 0 heterocycles. The van der Waals surface area contributed by atoms with E-state index in [1.54, 1.807) is 0 Å². The highest BCUT2D eigenvalue weighted by atomic mass is 19.3. The van der Waals surface area contributed by atoms with Crippen molar-refractivity contribution in [3.05, 3.63) is 65.2 Å². The van der Waals surface area contributed by atoms with Crippen LogP contribution in [0.2, 0.25) is 0 Å². The summed E-state index contributed by atoms with van der Waals surface area (Å²) < 4.78 is 28.7. The number of ether oxygens (including phenoxy) is 1. The molecule has 140 valence electrons. The molecule has 0 fully saturated rings. The zero-order chi connectivity index (χ0) is 19.3. The van der Waals surface area contributed by atoms with Gasteiger partial charge in [0.2, 0.25) is 0 Å². The number of nitrogens with one attached hydrogen (secondary N) is 1. The molecule has 0 aliphatic carbocycles. The van der Waals surface area contributed by atoms with Gasteiger partial charge in [0.15, 0.2) is 0 Å². The van der Waals surface area contributed by atoms with Crippen molar-refractivity contribution in [1.82, 2.24) is 5.32 Å². The first-order valence-corrected chi connectivity index (χ1v) is 8.73. The van der Waals surface area contributed by atoms with Crippen LogP contribution in [0.1, 0.15) is 61.1 Å². The number of carbonyl (C=O) groups excluding carboxylic acids is 1. The van der Waals surface area contributed by atoms with Crippen molar-refractivity contribution < 1.29 is 18.3 Å². The van der Waals surface area contributed by atoms with Crippen molar-refractivity contribution in [3.63, 3.8) is 0 Å². The quantitative estimate of drug-likeness (QED) is 0.703. The van der Waals surface area contributed by atoms with Gasteiger partial charge in [-0.25, -0.2) is 0 Å². The molecule has 2 aromatic carbocycles. The summed E-state index contributed by atoms with van der Waals surface area (Å²) in [5.74, 6) is 0.428. The zero-order valence-corrected chi connectivity index (χ0v) is 15.5. The molecule has 1 amide bonds. The van der Waals surface area contributed by atoms with Gasteiger partial charge < -0.3 is 10.1 Å². The summed E-state index contributed by atoms with van der Waals surface area (Å²) in [4.78, 5) is 12.5. The first-order chi connectivity index (χ1) is 12.3. The van der Waals surface area contributed by atoms with Crippen LogP contribution in [0, 0.1) is 5.92 Å². The Bertz CT molecular complexity index is 710. The maximum absolute atomic E-state index is 12.5. The lowest BCUT2D eigenvalue weighted by molar-refractivity contribution is -0.0498. The third-order valence-corrected chi connectivity index (χ3v) is 4.26. The van der Waals surface area contributed by atoms with Crippen molar-refractivity contribution in [2.45, 2.75) is 46.3 Å². The van der Waals surface area contributed by atoms with E-state index in [0.29, 0.717) is 11.5 Å². The number of alkyl halides is 2. The van der Waals surface area contributed by atoms with Gasteiger partial charge in [0.25, 0.3) is 5.91 Å². The van der Waals surface area contributed by atoms with Gasteiger partial charge in [0.1, 0.15) is 5.75 Å². The van der Waals surface area contributed by atoms with Gasteiger partial charge in [-0.1, -0.05) is 52.0 Å². The average molecular weight is 361 g/mol. The molecule has 0 spiro atoms. The Balaban J connectivity index is 2.12. The number of hydrogen-bond acceptors (Lipinski definition) is 2. The minimum Gasteiger partial charge on any atom is -0.435 e. The van der Waals surface area contributed by atoms with E-state index >= 15 is 0 Å². The summed E-state index contributed by atoms with van der Waals surface area (Å²) >= 11 is 0. The number of halogens is 2. The fourth-order valence-corrected chi connectivity index (χ4v) is 2.74. The average Bonchev–Trinajstić information content (AvgIpc) is 2.59. The normalized spacial score (nSPS) is 12.5. The molecule has 0 aliphatic heterocycles. The maximum Gasteiger partial charge on any atom is 0.387 e. The summed E-state index contributed by atoms with van der Waals surface area (Å²) in [5.41, 5.74) is 2.68. The van der Waals surface area contributed by atoms with Gasteiger partial charge in [0.05, 0.1) is 6.04 Å². The van der Waals surface area contributed by atoms with E-state index in [4.69, 9.17) is 0 Å². The van der Waals surface area contributed by atoms with Crippen LogP contribution in [0.4, 0.5) is 8.78 Å². The summed E-state index contributed by atoms with van der Waals surface area (Å²) in [6.45, 7) is 5.48. The lowest BCUT2D eigenvalue weighted by atomic mass is 9.93. The second-order valence-electron chi connectivity index (χ2n) is 6.92. The molecule has 1 N–H and O–H groups in total. The summed E-state index contributed by atoms with van der Waals surface area (Å²) in [6.07, 6.45) is 0. The first kappa shape index (κ1) is 19.9. The highest BCUT2D eigenvalue weighted by Crippen LogP contribution is 2.25. The lowest BCUT2D eigenvalue weighted by Crippen LogP contribution is -2.31. The van der Waals surface area contributed by atoms with Gasteiger partial charge in [-0.05, 0) is 47.2 Å². The lowest BCUT2D eigenvalue weighted by Gasteiger charge is -2.23. The largest absolute Gasteiger partial charge is 0.435 e. The fraction of sp³-hybridized carbons (Fsp3) is 0.381. The minimum absolute atomic E-state index is 0.0289. The second kappa shape index (κ2) is 8.79. The van der Waals surface area contributed by atoms with Crippen molar-refractivity contribution >= 4 is 5.91 Å². The monoisotopic (exact) mass is 361 g/mol. The van der Waals surface area contributed by atoms with Crippen molar-refractivity contribution in [2.75, 3.05) is 0 Å². The van der Waals surface area contributed by atoms with Crippen molar-refractivity contribution in [1.29, 1.82) is 0 Å². The Morgan fingerprint density at radius 2 is 1.42 bits per heavy atom. The van der Waals surface area contributed by atoms with E-state index in [2.05, 4.69) is 36.0 Å². The highest BCUT2D eigenvalue weighted by molar-refractivity contribution is 5.94. The maximum atomic E-state index is 12.5. The molecule has 0 saturated heterocycles. The molecule has 0 bridgehead atoms. The molecule has 0 saturated carbocycles. The smallest absolute Gasteiger partial charge is 0.387 e. The van der Waals surface area contributed by atoms with Crippen LogP contribution in [0.5, 0.6) is 5.75 Å². The molecule has 1 atom stereocenters. The fourth-order valence-electron chi connectivity index (χ4n) is 2.74. The van der Waals surface area contributed by atoms with Gasteiger partial charge in [-0.3, -0.25) is 4.79 Å². The van der Waals surface area contributed by atoms with Gasteiger partial charge in [-0.2, -0.15) is 8.78 Å². The van der Waals surface area contributed by atoms with Crippen molar-refractivity contribution in [3.8, 4) is 5.75 Å². The molecule has 0 radical (unpaired) electrons. The third-order valence-electron chi connectivity index (χ3n) is 4.26. The predicted molar refractivity (Wildman–Crippen MR) is 98.7 cm³/mol. The van der Waals surface area contributed by atoms with E-state index in [-0.39, 0.29) is 23.6 Å². The van der Waals surface area contributed by atoms with Crippen molar-refractivity contribution in [2.24, 2.45) is 5.92 Å². The van der Waals surface area contributed by atoms with Crippen LogP contribution in [-0.2, 0) is 0 Å². The molecule has 2 rings (SSSR count). The molecular formula is C21H25F2NO2. The first-order valence-electron chi connectivity index (χ1n) is 8.73. The van der Waals surface area contributed by atoms with Crippen LogP contribution in [0.3, 0.4) is 0 Å². The van der Waals surface area contributed by atoms with Crippen LogP contribution in [0.15, 0.2) is 48.5 Å². The number of rotatable bonds is 7. The summed E-state index contributed by atoms with van der Waals surface area (Å²) in [6, 6.07) is 13.8. The molecule has 0 aromatic heterocycles. The number of carbonyl (C=O) groups is 1. The van der Waals surface area contributed by atoms with E-state index in [9.17, 15) is 13.6 Å². The van der Waals surface area contributed by atoms with E-state index in [1.165, 1.54) is 29.8 Å². The third kappa shape index (κ3) is 5.28. The number of benzene rings is 2. The zero-order valence-electron chi connectivity index (χ0n) is 15.5. The SMILES string of the molecule is CC(C)c1ccc([C@@H](NC(=O)c2ccc(OC(F)F)cc2)C(C)C)cc1. The molecule has 26 heavy (non-hydrogen) atoms. The van der Waals surface area contributed by atoms with E-state index in [1.807, 2.05) is 26.0 Å². The Morgan fingerprint density at radius 3 is 1.88 bits per heavy atom. The van der Waals surface area contributed by atoms with E-state index < -0.39 is 6.61 Å². The topological polar surface area (TPSA) is 38.3 Å². The van der Waals surface area contributed by atoms with Gasteiger partial charge in [-0.15, -0.1) is 0 Å². The summed E-state index contributed by atoms with van der Waals surface area (Å²) in [7, 11) is 0. The Labute approximate surface area is 153 Å². The molecule has 0 unspecified atom stereocenters. The molecule has 3 nitrogen and oxygen atoms in total. The Hall–Kier alpha value is -2.43. The van der Waals surface area contributed by atoms with Gasteiger partial charge >= 0.3 is 6.61 Å². The Morgan fingerprint density at radius 1 is 0.885 bits per heavy atom. The summed E-state index contributed by atoms with van der Waals surface area (Å²) in [5, 5.41) is 3.03. The second-order valence-corrected chi connectivity index (χ2v) is 6.92. The predicted octanol–water partition coefficient (Wildman–Crippen LogP) is 5.54. The van der Waals surface area contributed by atoms with Crippen LogP contribution < -0.4 is 10.1 Å².